The van der Waals surface area contributed by atoms with Crippen molar-refractivity contribution >= 4 is 5.96 Å². The van der Waals surface area contributed by atoms with Crippen LogP contribution in [0.2, 0.25) is 0 Å². The van der Waals surface area contributed by atoms with Crippen molar-refractivity contribution in [1.29, 1.82) is 0 Å². The third kappa shape index (κ3) is 15.4. The van der Waals surface area contributed by atoms with Crippen LogP contribution in [0.15, 0.2) is 4.99 Å². The van der Waals surface area contributed by atoms with E-state index >= 15 is 0 Å². The fourth-order valence-corrected chi connectivity index (χ4v) is 1.59. The van der Waals surface area contributed by atoms with E-state index in [1.165, 1.54) is 6.42 Å². The SMILES string of the molecule is CCCCOCCOCCNC(=NCCC(C)C)NCC. The molecule has 5 nitrogen and oxygen atoms in total. The van der Waals surface area contributed by atoms with Gasteiger partial charge in [0, 0.05) is 26.2 Å². The van der Waals surface area contributed by atoms with Gasteiger partial charge in [-0.05, 0) is 25.7 Å². The van der Waals surface area contributed by atoms with E-state index in [2.05, 4.69) is 43.3 Å². The van der Waals surface area contributed by atoms with Gasteiger partial charge >= 0.3 is 0 Å². The van der Waals surface area contributed by atoms with Gasteiger partial charge in [-0.25, -0.2) is 0 Å². The number of nitrogens with one attached hydrogen (secondary N) is 2. The summed E-state index contributed by atoms with van der Waals surface area (Å²) in [5, 5.41) is 6.52. The van der Waals surface area contributed by atoms with E-state index in [-0.39, 0.29) is 0 Å². The van der Waals surface area contributed by atoms with Crippen molar-refractivity contribution in [3.8, 4) is 0 Å². The highest BCUT2D eigenvalue weighted by Crippen LogP contribution is 1.98. The lowest BCUT2D eigenvalue weighted by atomic mass is 10.1. The molecule has 0 unspecified atom stereocenters. The summed E-state index contributed by atoms with van der Waals surface area (Å²) in [5.74, 6) is 1.56. The highest BCUT2D eigenvalue weighted by molar-refractivity contribution is 5.79. The molecule has 0 bridgehead atoms. The minimum Gasteiger partial charge on any atom is -0.379 e. The minimum absolute atomic E-state index is 0.659. The molecule has 0 heterocycles. The molecule has 0 aromatic rings. The molecule has 21 heavy (non-hydrogen) atoms. The molecule has 2 N–H and O–H groups in total. The molecular weight excluding hydrogens is 266 g/mol. The summed E-state index contributed by atoms with van der Waals surface area (Å²) in [5.41, 5.74) is 0. The minimum atomic E-state index is 0.659. The maximum absolute atomic E-state index is 5.51. The van der Waals surface area contributed by atoms with Crippen LogP contribution in [-0.4, -0.2) is 52.0 Å². The van der Waals surface area contributed by atoms with Crippen molar-refractivity contribution in [3.63, 3.8) is 0 Å². The van der Waals surface area contributed by atoms with Crippen LogP contribution in [0.1, 0.15) is 47.0 Å². The third-order valence-corrected chi connectivity index (χ3v) is 2.87. The molecule has 0 radical (unpaired) electrons. The molecule has 0 atom stereocenters. The Balaban J connectivity index is 3.55. The fraction of sp³-hybridized carbons (Fsp3) is 0.938. The first-order valence-corrected chi connectivity index (χ1v) is 8.38. The molecule has 0 rings (SSSR count). The van der Waals surface area contributed by atoms with Crippen LogP contribution in [0.4, 0.5) is 0 Å². The summed E-state index contributed by atoms with van der Waals surface area (Å²) in [6.45, 7) is 14.0. The Morgan fingerprint density at radius 3 is 2.33 bits per heavy atom. The molecule has 5 heteroatoms. The van der Waals surface area contributed by atoms with Crippen molar-refractivity contribution in [1.82, 2.24) is 10.6 Å². The summed E-state index contributed by atoms with van der Waals surface area (Å²) < 4.78 is 10.9. The lowest BCUT2D eigenvalue weighted by Gasteiger charge is -2.12. The molecule has 0 aliphatic carbocycles. The van der Waals surface area contributed by atoms with Crippen LogP contribution >= 0.6 is 0 Å². The van der Waals surface area contributed by atoms with E-state index in [1.807, 2.05) is 0 Å². The maximum atomic E-state index is 5.51. The molecule has 0 saturated carbocycles. The quantitative estimate of drug-likeness (QED) is 0.312. The highest BCUT2D eigenvalue weighted by Gasteiger charge is 1.98. The largest absolute Gasteiger partial charge is 0.379 e. The smallest absolute Gasteiger partial charge is 0.191 e. The highest BCUT2D eigenvalue weighted by atomic mass is 16.5. The average molecular weight is 301 g/mol. The fourth-order valence-electron chi connectivity index (χ4n) is 1.59. The summed E-state index contributed by atoms with van der Waals surface area (Å²) in [4.78, 5) is 4.54. The van der Waals surface area contributed by atoms with Crippen molar-refractivity contribution in [2.75, 3.05) is 46.1 Å². The number of rotatable bonds is 13. The first-order chi connectivity index (χ1) is 10.2. The zero-order chi connectivity index (χ0) is 15.8. The van der Waals surface area contributed by atoms with Gasteiger partial charge < -0.3 is 20.1 Å². The standard InChI is InChI=1S/C16H35N3O2/c1-5-7-11-20-13-14-21-12-10-19-16(17-6-2)18-9-8-15(3)4/h15H,5-14H2,1-4H3,(H2,17,18,19). The Morgan fingerprint density at radius 2 is 1.71 bits per heavy atom. The summed E-state index contributed by atoms with van der Waals surface area (Å²) in [6, 6.07) is 0. The normalized spacial score (nSPS) is 12.0. The van der Waals surface area contributed by atoms with E-state index < -0.39 is 0 Å². The summed E-state index contributed by atoms with van der Waals surface area (Å²) in [7, 11) is 0. The van der Waals surface area contributed by atoms with Gasteiger partial charge in [-0.15, -0.1) is 0 Å². The zero-order valence-electron chi connectivity index (χ0n) is 14.4. The molecule has 0 spiro atoms. The number of aliphatic imine (C=N–C) groups is 1. The Bertz CT molecular complexity index is 246. The van der Waals surface area contributed by atoms with E-state index in [0.717, 1.165) is 45.0 Å². The number of guanidine groups is 1. The molecule has 0 aliphatic heterocycles. The molecule has 0 fully saturated rings. The molecule has 0 aromatic heterocycles. The number of hydrogen-bond donors (Lipinski definition) is 2. The zero-order valence-corrected chi connectivity index (χ0v) is 14.4. The second-order valence-corrected chi connectivity index (χ2v) is 5.45. The lowest BCUT2D eigenvalue weighted by molar-refractivity contribution is 0.0487. The number of ether oxygens (including phenoxy) is 2. The van der Waals surface area contributed by atoms with Gasteiger partial charge in [0.1, 0.15) is 0 Å². The van der Waals surface area contributed by atoms with E-state index in [4.69, 9.17) is 9.47 Å². The van der Waals surface area contributed by atoms with Crippen LogP contribution < -0.4 is 10.6 Å². The van der Waals surface area contributed by atoms with Gasteiger partial charge in [0.15, 0.2) is 5.96 Å². The second kappa shape index (κ2) is 15.6. The van der Waals surface area contributed by atoms with Gasteiger partial charge in [-0.2, -0.15) is 0 Å². The Morgan fingerprint density at radius 1 is 1.00 bits per heavy atom. The molecule has 0 aliphatic rings. The first kappa shape index (κ1) is 20.2. The molecule has 126 valence electrons. The predicted molar refractivity (Wildman–Crippen MR) is 90.0 cm³/mol. The topological polar surface area (TPSA) is 54.9 Å². The molecule has 0 amide bonds. The van der Waals surface area contributed by atoms with Crippen LogP contribution in [0.25, 0.3) is 0 Å². The monoisotopic (exact) mass is 301 g/mol. The van der Waals surface area contributed by atoms with Gasteiger partial charge in [0.05, 0.1) is 19.8 Å². The van der Waals surface area contributed by atoms with Crippen molar-refractivity contribution in [2.45, 2.75) is 47.0 Å². The van der Waals surface area contributed by atoms with E-state index in [1.54, 1.807) is 0 Å². The summed E-state index contributed by atoms with van der Waals surface area (Å²) in [6.07, 6.45) is 3.41. The Kier molecular flexibility index (Phi) is 15.0. The van der Waals surface area contributed by atoms with Crippen molar-refractivity contribution < 1.29 is 9.47 Å². The predicted octanol–water partition coefficient (Wildman–Crippen LogP) is 2.42. The van der Waals surface area contributed by atoms with Gasteiger partial charge in [-0.3, -0.25) is 4.99 Å². The molecule has 0 saturated heterocycles. The molecule has 0 aromatic carbocycles. The van der Waals surface area contributed by atoms with E-state index in [0.29, 0.717) is 25.7 Å². The Labute approximate surface area is 130 Å². The maximum Gasteiger partial charge on any atom is 0.191 e. The summed E-state index contributed by atoms with van der Waals surface area (Å²) >= 11 is 0. The Hall–Kier alpha value is -0.810. The van der Waals surface area contributed by atoms with E-state index in [9.17, 15) is 0 Å². The number of unbranched alkanes of at least 4 members (excludes halogenated alkanes) is 1. The molecular formula is C16H35N3O2. The third-order valence-electron chi connectivity index (χ3n) is 2.87. The van der Waals surface area contributed by atoms with Crippen molar-refractivity contribution in [3.05, 3.63) is 0 Å². The van der Waals surface area contributed by atoms with Crippen LogP contribution in [0, 0.1) is 5.92 Å². The average Bonchev–Trinajstić information content (AvgIpc) is 2.45. The van der Waals surface area contributed by atoms with Crippen LogP contribution in [0.3, 0.4) is 0 Å². The van der Waals surface area contributed by atoms with Gasteiger partial charge in [-0.1, -0.05) is 27.2 Å². The number of hydrogen-bond acceptors (Lipinski definition) is 3. The van der Waals surface area contributed by atoms with Crippen LogP contribution in [0.5, 0.6) is 0 Å². The van der Waals surface area contributed by atoms with Gasteiger partial charge in [0.2, 0.25) is 0 Å². The van der Waals surface area contributed by atoms with Gasteiger partial charge in [0.25, 0.3) is 0 Å². The number of nitrogens with zero attached hydrogens (tertiary/aromatic N) is 1. The van der Waals surface area contributed by atoms with Crippen LogP contribution in [-0.2, 0) is 9.47 Å². The first-order valence-electron chi connectivity index (χ1n) is 8.38. The van der Waals surface area contributed by atoms with Crippen molar-refractivity contribution in [2.24, 2.45) is 10.9 Å². The lowest BCUT2D eigenvalue weighted by Crippen LogP contribution is -2.39. The second-order valence-electron chi connectivity index (χ2n) is 5.45.